The molecule has 3 N–H and O–H groups in total. The fourth-order valence-corrected chi connectivity index (χ4v) is 2.38. The average Bonchev–Trinajstić information content (AvgIpc) is 2.91. The van der Waals surface area contributed by atoms with Gasteiger partial charge in [0.25, 0.3) is 0 Å². The van der Waals surface area contributed by atoms with E-state index in [-0.39, 0.29) is 12.6 Å². The van der Waals surface area contributed by atoms with E-state index in [2.05, 4.69) is 24.5 Å². The lowest BCUT2D eigenvalue weighted by molar-refractivity contribution is 0.0481. The van der Waals surface area contributed by atoms with E-state index < -0.39 is 5.60 Å². The van der Waals surface area contributed by atoms with E-state index in [1.165, 1.54) is 5.56 Å². The molecular formula is C17H26N2O3. The number of urea groups is 1. The largest absolute Gasteiger partial charge is 0.388 e. The molecule has 0 saturated carbocycles. The molecule has 0 aliphatic carbocycles. The number of carbonyl (C=O) groups is 1. The molecule has 1 aliphatic rings. The first-order valence-electron chi connectivity index (χ1n) is 7.82. The maximum atomic E-state index is 11.9. The molecule has 0 spiro atoms. The van der Waals surface area contributed by atoms with Crippen LogP contribution in [-0.2, 0) is 18.0 Å². The Bertz CT molecular complexity index is 527. The average molecular weight is 306 g/mol. The molecule has 0 radical (unpaired) electrons. The molecular weight excluding hydrogens is 280 g/mol. The molecule has 1 aromatic rings. The van der Waals surface area contributed by atoms with Crippen LogP contribution in [-0.4, -0.2) is 23.3 Å². The van der Waals surface area contributed by atoms with Gasteiger partial charge in [-0.1, -0.05) is 19.9 Å². The van der Waals surface area contributed by atoms with Crippen molar-refractivity contribution in [1.29, 1.82) is 0 Å². The maximum Gasteiger partial charge on any atom is 0.319 e. The lowest BCUT2D eigenvalue weighted by atomic mass is 9.95. The molecule has 22 heavy (non-hydrogen) atoms. The number of amides is 2. The summed E-state index contributed by atoms with van der Waals surface area (Å²) in [6.45, 7) is 7.46. The molecule has 5 nitrogen and oxygen atoms in total. The van der Waals surface area contributed by atoms with Gasteiger partial charge in [-0.25, -0.2) is 4.79 Å². The molecule has 1 atom stereocenters. The third-order valence-electron chi connectivity index (χ3n) is 3.87. The molecule has 2 amide bonds. The smallest absolute Gasteiger partial charge is 0.319 e. The van der Waals surface area contributed by atoms with Crippen molar-refractivity contribution < 1.29 is 14.6 Å². The van der Waals surface area contributed by atoms with Gasteiger partial charge < -0.3 is 20.5 Å². The first kappa shape index (κ1) is 16.8. The number of nitrogens with one attached hydrogen (secondary N) is 2. The molecule has 0 bridgehead atoms. The zero-order valence-corrected chi connectivity index (χ0v) is 13.6. The second-order valence-electron chi connectivity index (χ2n) is 6.71. The van der Waals surface area contributed by atoms with Crippen molar-refractivity contribution in [3.05, 3.63) is 29.3 Å². The third kappa shape index (κ3) is 5.00. The number of ether oxygens (including phenoxy) is 1. The van der Waals surface area contributed by atoms with Gasteiger partial charge in [-0.2, -0.15) is 0 Å². The minimum atomic E-state index is -0.882. The molecule has 0 saturated heterocycles. The standard InChI is InChI=1S/C17H26N2O3/c1-12(2)6-7-17(3,21)11-18-16(20)19-15-5-4-13-9-22-10-14(13)8-15/h4-5,8,12,21H,6-7,9-11H2,1-3H3,(H2,18,19,20). The molecule has 1 unspecified atom stereocenters. The van der Waals surface area contributed by atoms with E-state index in [9.17, 15) is 9.90 Å². The van der Waals surface area contributed by atoms with E-state index >= 15 is 0 Å². The van der Waals surface area contributed by atoms with E-state index in [1.54, 1.807) is 6.92 Å². The Morgan fingerprint density at radius 2 is 2.09 bits per heavy atom. The summed E-state index contributed by atoms with van der Waals surface area (Å²) in [5.74, 6) is 0.536. The van der Waals surface area contributed by atoms with Gasteiger partial charge in [-0.3, -0.25) is 0 Å². The van der Waals surface area contributed by atoms with Crippen molar-refractivity contribution in [3.63, 3.8) is 0 Å². The Labute approximate surface area is 132 Å². The molecule has 0 fully saturated rings. The summed E-state index contributed by atoms with van der Waals surface area (Å²) < 4.78 is 5.35. The fraction of sp³-hybridized carbons (Fsp3) is 0.588. The topological polar surface area (TPSA) is 70.6 Å². The van der Waals surface area contributed by atoms with Gasteiger partial charge in [-0.15, -0.1) is 0 Å². The number of aliphatic hydroxyl groups is 1. The van der Waals surface area contributed by atoms with Crippen molar-refractivity contribution in [3.8, 4) is 0 Å². The summed E-state index contributed by atoms with van der Waals surface area (Å²) in [7, 11) is 0. The van der Waals surface area contributed by atoms with E-state index in [0.29, 0.717) is 25.6 Å². The highest BCUT2D eigenvalue weighted by molar-refractivity contribution is 5.89. The van der Waals surface area contributed by atoms with E-state index in [1.807, 2.05) is 18.2 Å². The number of carbonyl (C=O) groups excluding carboxylic acids is 1. The van der Waals surface area contributed by atoms with Crippen LogP contribution in [0.3, 0.4) is 0 Å². The number of rotatable bonds is 6. The summed E-state index contributed by atoms with van der Waals surface area (Å²) in [5.41, 5.74) is 2.14. The zero-order valence-electron chi connectivity index (χ0n) is 13.6. The molecule has 2 rings (SSSR count). The SMILES string of the molecule is CC(C)CCC(C)(O)CNC(=O)Nc1ccc2c(c1)COC2. The minimum absolute atomic E-state index is 0.236. The van der Waals surface area contributed by atoms with Crippen LogP contribution in [0.4, 0.5) is 10.5 Å². The van der Waals surface area contributed by atoms with Gasteiger partial charge >= 0.3 is 6.03 Å². The first-order valence-corrected chi connectivity index (χ1v) is 7.82. The molecule has 122 valence electrons. The Hall–Kier alpha value is -1.59. The van der Waals surface area contributed by atoms with Crippen molar-refractivity contribution in [2.75, 3.05) is 11.9 Å². The van der Waals surface area contributed by atoms with E-state index in [4.69, 9.17) is 4.74 Å². The zero-order chi connectivity index (χ0) is 16.2. The Morgan fingerprint density at radius 3 is 2.82 bits per heavy atom. The van der Waals surface area contributed by atoms with Crippen LogP contribution in [0.5, 0.6) is 0 Å². The fourth-order valence-electron chi connectivity index (χ4n) is 2.38. The van der Waals surface area contributed by atoms with Crippen LogP contribution in [0.1, 0.15) is 44.7 Å². The van der Waals surface area contributed by atoms with Gasteiger partial charge in [-0.05, 0) is 48.9 Å². The van der Waals surface area contributed by atoms with Crippen molar-refractivity contribution in [2.24, 2.45) is 5.92 Å². The number of benzene rings is 1. The summed E-state index contributed by atoms with van der Waals surface area (Å²) >= 11 is 0. The first-order chi connectivity index (χ1) is 10.4. The summed E-state index contributed by atoms with van der Waals surface area (Å²) in [6, 6.07) is 5.46. The van der Waals surface area contributed by atoms with Crippen LogP contribution >= 0.6 is 0 Å². The van der Waals surface area contributed by atoms with E-state index in [0.717, 1.165) is 17.7 Å². The Balaban J connectivity index is 1.80. The lowest BCUT2D eigenvalue weighted by Gasteiger charge is -2.24. The monoisotopic (exact) mass is 306 g/mol. The summed E-state index contributed by atoms with van der Waals surface area (Å²) in [5, 5.41) is 15.8. The van der Waals surface area contributed by atoms with Gasteiger partial charge in [0, 0.05) is 12.2 Å². The minimum Gasteiger partial charge on any atom is -0.388 e. The van der Waals surface area contributed by atoms with Crippen LogP contribution in [0.25, 0.3) is 0 Å². The van der Waals surface area contributed by atoms with Crippen LogP contribution in [0, 0.1) is 5.92 Å². The number of fused-ring (bicyclic) bond motifs is 1. The highest BCUT2D eigenvalue weighted by Crippen LogP contribution is 2.23. The predicted molar refractivity (Wildman–Crippen MR) is 86.7 cm³/mol. The second-order valence-corrected chi connectivity index (χ2v) is 6.71. The number of hydrogen-bond donors (Lipinski definition) is 3. The lowest BCUT2D eigenvalue weighted by Crippen LogP contribution is -2.42. The van der Waals surface area contributed by atoms with Gasteiger partial charge in [0.05, 0.1) is 18.8 Å². The van der Waals surface area contributed by atoms with Crippen LogP contribution in [0.15, 0.2) is 18.2 Å². The number of anilines is 1. The van der Waals surface area contributed by atoms with Crippen LogP contribution < -0.4 is 10.6 Å². The normalized spacial score (nSPS) is 16.2. The van der Waals surface area contributed by atoms with Crippen LogP contribution in [0.2, 0.25) is 0 Å². The molecule has 1 aliphatic heterocycles. The van der Waals surface area contributed by atoms with Gasteiger partial charge in [0.15, 0.2) is 0 Å². The van der Waals surface area contributed by atoms with Crippen molar-refractivity contribution in [1.82, 2.24) is 5.32 Å². The van der Waals surface area contributed by atoms with Gasteiger partial charge in [0.2, 0.25) is 0 Å². The van der Waals surface area contributed by atoms with Gasteiger partial charge in [0.1, 0.15) is 0 Å². The molecule has 1 heterocycles. The predicted octanol–water partition coefficient (Wildman–Crippen LogP) is 3.03. The summed E-state index contributed by atoms with van der Waals surface area (Å²) in [6.07, 6.45) is 1.60. The summed E-state index contributed by atoms with van der Waals surface area (Å²) in [4.78, 5) is 11.9. The highest BCUT2D eigenvalue weighted by atomic mass is 16.5. The third-order valence-corrected chi connectivity index (χ3v) is 3.87. The maximum absolute atomic E-state index is 11.9. The van der Waals surface area contributed by atoms with Crippen molar-refractivity contribution in [2.45, 2.75) is 52.4 Å². The molecule has 1 aromatic carbocycles. The Kier molecular flexibility index (Phi) is 5.42. The molecule has 5 heteroatoms. The number of hydrogen-bond acceptors (Lipinski definition) is 3. The Morgan fingerprint density at radius 1 is 1.36 bits per heavy atom. The second kappa shape index (κ2) is 7.11. The quantitative estimate of drug-likeness (QED) is 0.756. The highest BCUT2D eigenvalue weighted by Gasteiger charge is 2.21. The molecule has 0 aromatic heterocycles. The van der Waals surface area contributed by atoms with Crippen molar-refractivity contribution >= 4 is 11.7 Å².